The van der Waals surface area contributed by atoms with Gasteiger partial charge in [-0.2, -0.15) is 0 Å². The molecular weight excluding hydrogens is 486 g/mol. The number of methoxy groups -OCH3 is 1. The van der Waals surface area contributed by atoms with Crippen LogP contribution in [-0.2, 0) is 15.0 Å². The minimum absolute atomic E-state index is 0.0522. The standard InChI is InChI=1S/C34H39NO4/c1-20(2)22-11-16-26(17-12-22)35-30(23-9-14-25(15-10-23)34(5,6)7)29(32(37)33(35)38)31(36)24-13-18-28(39-8)27(19-24)21(3)4/h9-21,30,36H,1-8H3/b31-29-. The van der Waals surface area contributed by atoms with Gasteiger partial charge in [-0.15, -0.1) is 0 Å². The summed E-state index contributed by atoms with van der Waals surface area (Å²) in [5.41, 5.74) is 5.06. The van der Waals surface area contributed by atoms with Crippen LogP contribution in [0.15, 0.2) is 72.3 Å². The van der Waals surface area contributed by atoms with Gasteiger partial charge in [0.15, 0.2) is 0 Å². The number of aliphatic hydroxyl groups is 1. The van der Waals surface area contributed by atoms with Crippen molar-refractivity contribution in [2.45, 2.75) is 71.8 Å². The molecule has 0 aliphatic carbocycles. The van der Waals surface area contributed by atoms with Gasteiger partial charge >= 0.3 is 0 Å². The van der Waals surface area contributed by atoms with Crippen LogP contribution in [0, 0.1) is 0 Å². The number of anilines is 1. The van der Waals surface area contributed by atoms with Crippen molar-refractivity contribution in [1.82, 2.24) is 0 Å². The summed E-state index contributed by atoms with van der Waals surface area (Å²) in [6, 6.07) is 20.3. The molecule has 0 saturated carbocycles. The molecule has 0 aromatic heterocycles. The molecule has 0 bridgehead atoms. The number of Topliss-reactive ketones (excluding diaryl/α,β-unsaturated/α-hetero) is 1. The predicted octanol–water partition coefficient (Wildman–Crippen LogP) is 7.87. The van der Waals surface area contributed by atoms with Crippen molar-refractivity contribution < 1.29 is 19.4 Å². The monoisotopic (exact) mass is 525 g/mol. The van der Waals surface area contributed by atoms with E-state index in [1.807, 2.05) is 68.4 Å². The first kappa shape index (κ1) is 28.2. The van der Waals surface area contributed by atoms with Crippen molar-refractivity contribution in [3.63, 3.8) is 0 Å². The lowest BCUT2D eigenvalue weighted by Crippen LogP contribution is -2.29. The molecule has 3 aromatic carbocycles. The summed E-state index contributed by atoms with van der Waals surface area (Å²) >= 11 is 0. The normalized spacial score (nSPS) is 17.4. The SMILES string of the molecule is COc1ccc(/C(O)=C2/C(=O)C(=O)N(c3ccc(C(C)C)cc3)C2c2ccc(C(C)(C)C)cc2)cc1C(C)C. The van der Waals surface area contributed by atoms with E-state index in [0.29, 0.717) is 22.9 Å². The Bertz CT molecular complexity index is 1410. The van der Waals surface area contributed by atoms with Gasteiger partial charge in [0.1, 0.15) is 11.5 Å². The summed E-state index contributed by atoms with van der Waals surface area (Å²) < 4.78 is 5.51. The van der Waals surface area contributed by atoms with Crippen molar-refractivity contribution in [2.24, 2.45) is 0 Å². The third-order valence-electron chi connectivity index (χ3n) is 7.50. The average Bonchev–Trinajstić information content (AvgIpc) is 3.17. The van der Waals surface area contributed by atoms with Crippen LogP contribution in [-0.4, -0.2) is 23.9 Å². The van der Waals surface area contributed by atoms with Gasteiger partial charge in [0, 0.05) is 11.3 Å². The number of carbonyl (C=O) groups excluding carboxylic acids is 2. The fraction of sp³-hybridized carbons (Fsp3) is 0.353. The average molecular weight is 526 g/mol. The summed E-state index contributed by atoms with van der Waals surface area (Å²) in [5, 5.41) is 11.6. The van der Waals surface area contributed by atoms with Crippen LogP contribution in [0.3, 0.4) is 0 Å². The first-order valence-corrected chi connectivity index (χ1v) is 13.5. The van der Waals surface area contributed by atoms with Gasteiger partial charge in [-0.1, -0.05) is 84.9 Å². The molecule has 5 heteroatoms. The third kappa shape index (κ3) is 5.36. The van der Waals surface area contributed by atoms with E-state index in [-0.39, 0.29) is 22.7 Å². The number of rotatable bonds is 6. The Morgan fingerprint density at radius 2 is 1.49 bits per heavy atom. The van der Waals surface area contributed by atoms with Gasteiger partial charge in [0.05, 0.1) is 18.7 Å². The van der Waals surface area contributed by atoms with Crippen LogP contribution >= 0.6 is 0 Å². The summed E-state index contributed by atoms with van der Waals surface area (Å²) in [5.74, 6) is -0.370. The predicted molar refractivity (Wildman–Crippen MR) is 158 cm³/mol. The number of ether oxygens (including phenoxy) is 1. The van der Waals surface area contributed by atoms with Crippen molar-refractivity contribution in [2.75, 3.05) is 12.0 Å². The highest BCUT2D eigenvalue weighted by Gasteiger charge is 2.47. The number of carbonyl (C=O) groups is 2. The summed E-state index contributed by atoms with van der Waals surface area (Å²) in [4.78, 5) is 28.7. The number of aliphatic hydroxyl groups excluding tert-OH is 1. The van der Waals surface area contributed by atoms with Gasteiger partial charge in [-0.25, -0.2) is 0 Å². The van der Waals surface area contributed by atoms with Gasteiger partial charge in [-0.3, -0.25) is 14.5 Å². The number of amides is 1. The van der Waals surface area contributed by atoms with E-state index >= 15 is 0 Å². The van der Waals surface area contributed by atoms with E-state index in [0.717, 1.165) is 22.3 Å². The molecule has 5 nitrogen and oxygen atoms in total. The van der Waals surface area contributed by atoms with Crippen LogP contribution < -0.4 is 9.64 Å². The molecule has 1 N–H and O–H groups in total. The van der Waals surface area contributed by atoms with Gasteiger partial charge in [0.2, 0.25) is 0 Å². The quantitative estimate of drug-likeness (QED) is 0.202. The molecular formula is C34H39NO4. The summed E-state index contributed by atoms with van der Waals surface area (Å²) in [6.07, 6.45) is 0. The lowest BCUT2D eigenvalue weighted by molar-refractivity contribution is -0.132. The maximum atomic E-state index is 13.6. The molecule has 4 rings (SSSR count). The van der Waals surface area contributed by atoms with Crippen LogP contribution in [0.1, 0.15) is 94.2 Å². The lowest BCUT2D eigenvalue weighted by Gasteiger charge is -2.27. The van der Waals surface area contributed by atoms with E-state index in [2.05, 4.69) is 34.6 Å². The fourth-order valence-electron chi connectivity index (χ4n) is 5.09. The Morgan fingerprint density at radius 1 is 0.872 bits per heavy atom. The molecule has 0 radical (unpaired) electrons. The van der Waals surface area contributed by atoms with Crippen LogP contribution in [0.25, 0.3) is 5.76 Å². The Balaban J connectivity index is 1.93. The van der Waals surface area contributed by atoms with Gasteiger partial charge in [-0.05, 0) is 69.8 Å². The number of benzene rings is 3. The zero-order valence-electron chi connectivity index (χ0n) is 24.2. The van der Waals surface area contributed by atoms with E-state index in [1.165, 1.54) is 4.90 Å². The molecule has 1 aliphatic rings. The second-order valence-corrected chi connectivity index (χ2v) is 11.9. The number of hydrogen-bond acceptors (Lipinski definition) is 4. The maximum Gasteiger partial charge on any atom is 0.300 e. The van der Waals surface area contributed by atoms with E-state index in [1.54, 1.807) is 19.2 Å². The Hall–Kier alpha value is -3.86. The zero-order chi connectivity index (χ0) is 28.6. The molecule has 39 heavy (non-hydrogen) atoms. The Labute approximate surface area is 232 Å². The highest BCUT2D eigenvalue weighted by Crippen LogP contribution is 2.43. The van der Waals surface area contributed by atoms with Crippen molar-refractivity contribution in [1.29, 1.82) is 0 Å². The minimum atomic E-state index is -0.770. The third-order valence-corrected chi connectivity index (χ3v) is 7.50. The molecule has 1 unspecified atom stereocenters. The van der Waals surface area contributed by atoms with Crippen molar-refractivity contribution >= 4 is 23.1 Å². The first-order chi connectivity index (χ1) is 18.3. The highest BCUT2D eigenvalue weighted by atomic mass is 16.5. The topological polar surface area (TPSA) is 66.8 Å². The molecule has 204 valence electrons. The Kier molecular flexibility index (Phi) is 7.74. The fourth-order valence-corrected chi connectivity index (χ4v) is 5.09. The first-order valence-electron chi connectivity index (χ1n) is 13.5. The van der Waals surface area contributed by atoms with Crippen LogP contribution in [0.5, 0.6) is 5.75 Å². The second kappa shape index (κ2) is 10.7. The Morgan fingerprint density at radius 3 is 2.00 bits per heavy atom. The molecule has 1 saturated heterocycles. The number of nitrogens with zero attached hydrogens (tertiary/aromatic N) is 1. The maximum absolute atomic E-state index is 13.6. The molecule has 1 aliphatic heterocycles. The van der Waals surface area contributed by atoms with Gasteiger partial charge in [0.25, 0.3) is 11.7 Å². The molecule has 1 heterocycles. The highest BCUT2D eigenvalue weighted by molar-refractivity contribution is 6.51. The minimum Gasteiger partial charge on any atom is -0.507 e. The number of ketones is 1. The smallest absolute Gasteiger partial charge is 0.300 e. The lowest BCUT2D eigenvalue weighted by atomic mass is 9.85. The van der Waals surface area contributed by atoms with E-state index in [9.17, 15) is 14.7 Å². The second-order valence-electron chi connectivity index (χ2n) is 11.9. The largest absolute Gasteiger partial charge is 0.507 e. The zero-order valence-corrected chi connectivity index (χ0v) is 24.2. The van der Waals surface area contributed by atoms with Crippen molar-refractivity contribution in [3.05, 3.63) is 100 Å². The summed E-state index contributed by atoms with van der Waals surface area (Å²) in [6.45, 7) is 14.7. The summed E-state index contributed by atoms with van der Waals surface area (Å²) in [7, 11) is 1.61. The molecule has 0 spiro atoms. The molecule has 3 aromatic rings. The van der Waals surface area contributed by atoms with Crippen LogP contribution in [0.4, 0.5) is 5.69 Å². The molecule has 1 amide bonds. The van der Waals surface area contributed by atoms with E-state index in [4.69, 9.17) is 4.74 Å². The number of hydrogen-bond donors (Lipinski definition) is 1. The van der Waals surface area contributed by atoms with Crippen molar-refractivity contribution in [3.8, 4) is 5.75 Å². The molecule has 1 fully saturated rings. The molecule has 1 atom stereocenters. The van der Waals surface area contributed by atoms with Gasteiger partial charge < -0.3 is 9.84 Å². The van der Waals surface area contributed by atoms with Crippen LogP contribution in [0.2, 0.25) is 0 Å². The van der Waals surface area contributed by atoms with E-state index < -0.39 is 17.7 Å².